The van der Waals surface area contributed by atoms with Crippen LogP contribution in [0.25, 0.3) is 10.8 Å². The Balaban J connectivity index is 1.21. The van der Waals surface area contributed by atoms with Crippen LogP contribution in [-0.4, -0.2) is 86.3 Å². The average Bonchev–Trinajstić information content (AvgIpc) is 4.06. The van der Waals surface area contributed by atoms with E-state index in [4.69, 9.17) is 14.2 Å². The van der Waals surface area contributed by atoms with E-state index in [1.54, 1.807) is 27.0 Å². The van der Waals surface area contributed by atoms with Crippen molar-refractivity contribution >= 4 is 50.6 Å². The number of benzene rings is 1. The molecule has 298 valence electrons. The standard InChI is InChI=1S/C42H57N5O7S/c1-7-55(30-18-19-30)46-39(50)42-22-27(42)13-9-8-12-25(2)20-26(3)35(44-40(51)54-41(4,5)6)38(49)47-24-29(21-33(47)36(48)45-42)53-37-32-15-11-10-14-31(32)34(23-43-37)52-28-16-17-28/h7,9-11,13-15,23,25-30,33,35H,8,12,16-22,24H2,1-6H3,(H,44,51)(H,45,48)(H,46,50)/b13-9-/t25-,26-,27-,29-,33+,35+,42-,55?/m1/s1. The van der Waals surface area contributed by atoms with Crippen LogP contribution < -0.4 is 24.8 Å². The zero-order chi connectivity index (χ0) is 39.1. The molecule has 2 aromatic rings. The third kappa shape index (κ3) is 9.13. The second-order valence-electron chi connectivity index (χ2n) is 17.2. The number of fused-ring (bicyclic) bond motifs is 3. The van der Waals surface area contributed by atoms with Gasteiger partial charge in [0.15, 0.2) is 0 Å². The molecule has 1 aromatic heterocycles. The van der Waals surface area contributed by atoms with Crippen LogP contribution in [0.2, 0.25) is 0 Å². The highest BCUT2D eigenvalue weighted by Gasteiger charge is 2.61. The SMILES string of the molecule is C/C=S(/NC(=O)[C@@]12C[C@H]1/C=C\CC[C@@H](C)C[C@@H](C)[C@H](NC(=O)OC(C)(C)C)C(=O)N1C[C@H](Oc3ncc(OC4CC4)c4ccccc34)C[C@H]1C(=O)N2)C1CC1. The van der Waals surface area contributed by atoms with Crippen molar-refractivity contribution in [2.45, 2.75) is 140 Å². The molecular weight excluding hydrogens is 719 g/mol. The Morgan fingerprint density at radius 1 is 1.02 bits per heavy atom. The normalized spacial score (nSPS) is 31.2. The van der Waals surface area contributed by atoms with Gasteiger partial charge in [0, 0.05) is 28.4 Å². The molecule has 1 unspecified atom stereocenters. The summed E-state index contributed by atoms with van der Waals surface area (Å²) in [5.74, 6) is -0.113. The lowest BCUT2D eigenvalue weighted by molar-refractivity contribution is -0.142. The summed E-state index contributed by atoms with van der Waals surface area (Å²) in [7, 11) is -0.378. The molecule has 2 aliphatic heterocycles. The molecule has 0 radical (unpaired) electrons. The van der Waals surface area contributed by atoms with E-state index in [9.17, 15) is 19.2 Å². The summed E-state index contributed by atoms with van der Waals surface area (Å²) in [5, 5.41) is 10.2. The Hall–Kier alpha value is -4.13. The molecule has 12 nitrogen and oxygen atoms in total. The van der Waals surface area contributed by atoms with Gasteiger partial charge in [-0.05, 0) is 102 Å². The van der Waals surface area contributed by atoms with Gasteiger partial charge in [0.25, 0.3) is 5.91 Å². The number of rotatable bonds is 8. The maximum Gasteiger partial charge on any atom is 0.408 e. The van der Waals surface area contributed by atoms with E-state index < -0.39 is 47.2 Å². The van der Waals surface area contributed by atoms with Crippen LogP contribution in [0, 0.1) is 17.8 Å². The predicted octanol–water partition coefficient (Wildman–Crippen LogP) is 6.19. The fourth-order valence-corrected chi connectivity index (χ4v) is 9.67. The van der Waals surface area contributed by atoms with Crippen LogP contribution in [0.4, 0.5) is 4.79 Å². The summed E-state index contributed by atoms with van der Waals surface area (Å²) in [6, 6.07) is 5.84. The molecule has 5 aliphatic rings. The lowest BCUT2D eigenvalue weighted by atomic mass is 9.88. The minimum Gasteiger partial charge on any atom is -0.488 e. The van der Waals surface area contributed by atoms with Crippen LogP contribution in [0.1, 0.15) is 99.3 Å². The lowest BCUT2D eigenvalue weighted by Gasteiger charge is -2.33. The number of hydrogen-bond donors (Lipinski definition) is 3. The first-order valence-electron chi connectivity index (χ1n) is 20.1. The summed E-state index contributed by atoms with van der Waals surface area (Å²) < 4.78 is 21.6. The topological polar surface area (TPSA) is 148 Å². The van der Waals surface area contributed by atoms with Gasteiger partial charge < -0.3 is 34.5 Å². The third-order valence-electron chi connectivity index (χ3n) is 11.3. The molecule has 7 rings (SSSR count). The van der Waals surface area contributed by atoms with Crippen molar-refractivity contribution in [3.05, 3.63) is 42.6 Å². The van der Waals surface area contributed by atoms with Crippen LogP contribution in [-0.2, 0) is 19.1 Å². The molecule has 8 atom stereocenters. The predicted molar refractivity (Wildman–Crippen MR) is 214 cm³/mol. The zero-order valence-corrected chi connectivity index (χ0v) is 33.8. The number of carbonyl (C=O) groups is 4. The van der Waals surface area contributed by atoms with Crippen molar-refractivity contribution in [2.75, 3.05) is 6.54 Å². The second kappa shape index (κ2) is 15.8. The molecule has 55 heavy (non-hydrogen) atoms. The first-order chi connectivity index (χ1) is 26.2. The Kier molecular flexibility index (Phi) is 11.2. The van der Waals surface area contributed by atoms with E-state index in [0.717, 1.165) is 49.3 Å². The molecule has 0 bridgehead atoms. The first-order valence-corrected chi connectivity index (χ1v) is 21.4. The van der Waals surface area contributed by atoms with Gasteiger partial charge in [-0.15, -0.1) is 0 Å². The highest BCUT2D eigenvalue weighted by atomic mass is 32.2. The summed E-state index contributed by atoms with van der Waals surface area (Å²) in [6.07, 6.45) is 11.9. The summed E-state index contributed by atoms with van der Waals surface area (Å²) in [6.45, 7) is 11.5. The molecule has 3 N–H and O–H groups in total. The van der Waals surface area contributed by atoms with Crippen molar-refractivity contribution in [3.8, 4) is 11.6 Å². The second-order valence-corrected chi connectivity index (χ2v) is 19.3. The molecule has 3 heterocycles. The number of ether oxygens (including phenoxy) is 3. The fraction of sp³-hybridized carbons (Fsp3) is 0.619. The Morgan fingerprint density at radius 3 is 2.45 bits per heavy atom. The first kappa shape index (κ1) is 39.1. The molecule has 1 aromatic carbocycles. The minimum atomic E-state index is -1.12. The Bertz CT molecular complexity index is 1870. The molecule has 0 spiro atoms. The van der Waals surface area contributed by atoms with Crippen LogP contribution in [0.3, 0.4) is 0 Å². The van der Waals surface area contributed by atoms with Crippen LogP contribution in [0.5, 0.6) is 11.6 Å². The highest BCUT2D eigenvalue weighted by Crippen LogP contribution is 2.47. The number of hydrogen-bond acceptors (Lipinski definition) is 8. The number of carbonyl (C=O) groups excluding carboxylic acids is 4. The van der Waals surface area contributed by atoms with E-state index in [1.165, 1.54) is 4.90 Å². The maximum absolute atomic E-state index is 14.9. The number of aromatic nitrogens is 1. The van der Waals surface area contributed by atoms with E-state index in [-0.39, 0.29) is 53.4 Å². The van der Waals surface area contributed by atoms with E-state index in [1.807, 2.05) is 38.1 Å². The summed E-state index contributed by atoms with van der Waals surface area (Å²) >= 11 is 0. The number of nitrogens with zero attached hydrogens (tertiary/aromatic N) is 2. The molecule has 4 fully saturated rings. The number of allylic oxidation sites excluding steroid dienone is 1. The van der Waals surface area contributed by atoms with Gasteiger partial charge in [0.1, 0.15) is 35.1 Å². The van der Waals surface area contributed by atoms with Crippen molar-refractivity contribution in [3.63, 3.8) is 0 Å². The van der Waals surface area contributed by atoms with E-state index >= 15 is 0 Å². The highest BCUT2D eigenvalue weighted by molar-refractivity contribution is 8.14. The summed E-state index contributed by atoms with van der Waals surface area (Å²) in [5.41, 5.74) is -1.89. The lowest BCUT2D eigenvalue weighted by Crippen LogP contribution is -2.58. The monoisotopic (exact) mass is 775 g/mol. The number of pyridine rings is 1. The molecule has 3 saturated carbocycles. The fourth-order valence-electron chi connectivity index (χ4n) is 7.96. The van der Waals surface area contributed by atoms with Gasteiger partial charge in [-0.3, -0.25) is 14.4 Å². The summed E-state index contributed by atoms with van der Waals surface area (Å²) in [4.78, 5) is 63.0. The Labute approximate surface area is 326 Å². The molecular formula is C42H57N5O7S. The smallest absolute Gasteiger partial charge is 0.408 e. The molecule has 1 saturated heterocycles. The molecule has 13 heteroatoms. The van der Waals surface area contributed by atoms with Crippen molar-refractivity contribution in [1.82, 2.24) is 25.2 Å². The quantitative estimate of drug-likeness (QED) is 0.213. The van der Waals surface area contributed by atoms with Crippen molar-refractivity contribution in [2.24, 2.45) is 17.8 Å². The minimum absolute atomic E-state index is 0.0838. The van der Waals surface area contributed by atoms with Gasteiger partial charge in [0.2, 0.25) is 17.7 Å². The van der Waals surface area contributed by atoms with E-state index in [0.29, 0.717) is 29.7 Å². The van der Waals surface area contributed by atoms with Crippen molar-refractivity contribution < 1.29 is 33.4 Å². The van der Waals surface area contributed by atoms with E-state index in [2.05, 4.69) is 44.8 Å². The third-order valence-corrected chi connectivity index (χ3v) is 13.4. The van der Waals surface area contributed by atoms with Crippen LogP contribution in [0.15, 0.2) is 42.6 Å². The maximum atomic E-state index is 14.9. The van der Waals surface area contributed by atoms with Gasteiger partial charge in [0.05, 0.1) is 18.8 Å². The van der Waals surface area contributed by atoms with Gasteiger partial charge >= 0.3 is 6.09 Å². The largest absolute Gasteiger partial charge is 0.488 e. The number of nitrogens with one attached hydrogen (secondary N) is 3. The molecule has 4 amide bonds. The average molecular weight is 776 g/mol. The zero-order valence-electron chi connectivity index (χ0n) is 33.0. The van der Waals surface area contributed by atoms with Gasteiger partial charge in [-0.1, -0.05) is 54.9 Å². The van der Waals surface area contributed by atoms with Crippen molar-refractivity contribution in [1.29, 1.82) is 0 Å². The molecule has 3 aliphatic carbocycles. The Morgan fingerprint density at radius 2 is 1.76 bits per heavy atom. The number of alkyl carbamates (subject to hydrolysis) is 1. The van der Waals surface area contributed by atoms with Gasteiger partial charge in [-0.25, -0.2) is 9.78 Å². The van der Waals surface area contributed by atoms with Gasteiger partial charge in [-0.2, -0.15) is 0 Å². The van der Waals surface area contributed by atoms with Crippen LogP contribution >= 0.6 is 10.7 Å². The number of amides is 4.